The van der Waals surface area contributed by atoms with Crippen LogP contribution in [0.25, 0.3) is 0 Å². The Hall–Kier alpha value is -1.07. The van der Waals surface area contributed by atoms with E-state index in [1.165, 1.54) is 14.7 Å². The van der Waals surface area contributed by atoms with Crippen molar-refractivity contribution in [2.45, 2.75) is 19.9 Å². The van der Waals surface area contributed by atoms with Gasteiger partial charge in [-0.15, -0.1) is 11.3 Å². The molecule has 2 amide bonds. The van der Waals surface area contributed by atoms with E-state index in [9.17, 15) is 4.79 Å². The van der Waals surface area contributed by atoms with Gasteiger partial charge in [-0.2, -0.15) is 0 Å². The summed E-state index contributed by atoms with van der Waals surface area (Å²) in [5, 5.41) is 6.12. The predicted molar refractivity (Wildman–Crippen MR) is 72.5 cm³/mol. The first-order valence-electron chi connectivity index (χ1n) is 5.87. The van der Waals surface area contributed by atoms with Gasteiger partial charge in [-0.25, -0.2) is 4.79 Å². The van der Waals surface area contributed by atoms with Crippen molar-refractivity contribution in [2.24, 2.45) is 0 Å². The van der Waals surface area contributed by atoms with E-state index in [4.69, 9.17) is 0 Å². The number of hydrogen-bond donors (Lipinski definition) is 2. The second-order valence-corrected chi connectivity index (χ2v) is 5.28. The van der Waals surface area contributed by atoms with Crippen LogP contribution in [0.3, 0.4) is 0 Å². The fraction of sp³-hybridized carbons (Fsp3) is 0.583. The Kier molecular flexibility index (Phi) is 6.00. The third kappa shape index (κ3) is 5.19. The Morgan fingerprint density at radius 1 is 1.29 bits per heavy atom. The summed E-state index contributed by atoms with van der Waals surface area (Å²) in [7, 11) is 3.47. The average molecular weight is 255 g/mol. The molecule has 0 aliphatic carbocycles. The van der Waals surface area contributed by atoms with Crippen molar-refractivity contribution in [1.29, 1.82) is 0 Å². The molecule has 1 rings (SSSR count). The first kappa shape index (κ1) is 14.0. The summed E-state index contributed by atoms with van der Waals surface area (Å²) in [6.45, 7) is 4.49. The molecule has 0 radical (unpaired) electrons. The minimum absolute atomic E-state index is 0.0452. The molecule has 0 spiro atoms. The van der Waals surface area contributed by atoms with Crippen molar-refractivity contribution in [1.82, 2.24) is 15.5 Å². The van der Waals surface area contributed by atoms with Gasteiger partial charge in [0.05, 0.1) is 0 Å². The summed E-state index contributed by atoms with van der Waals surface area (Å²) in [6.07, 6.45) is 1.10. The van der Waals surface area contributed by atoms with Crippen molar-refractivity contribution < 1.29 is 4.79 Å². The second-order valence-electron chi connectivity index (χ2n) is 4.02. The van der Waals surface area contributed by atoms with E-state index < -0.39 is 0 Å². The monoisotopic (exact) mass is 255 g/mol. The van der Waals surface area contributed by atoms with Crippen molar-refractivity contribution >= 4 is 17.4 Å². The lowest BCUT2D eigenvalue weighted by Gasteiger charge is -2.11. The molecule has 2 N–H and O–H groups in total. The molecule has 0 atom stereocenters. The SMILES string of the molecule is CCc1ccc(CNCCNC(=O)N(C)C)s1. The highest BCUT2D eigenvalue weighted by molar-refractivity contribution is 7.11. The molecule has 96 valence electrons. The smallest absolute Gasteiger partial charge is 0.316 e. The van der Waals surface area contributed by atoms with Gasteiger partial charge in [0.25, 0.3) is 0 Å². The number of thiophene rings is 1. The van der Waals surface area contributed by atoms with Crippen LogP contribution in [0.2, 0.25) is 0 Å². The zero-order chi connectivity index (χ0) is 12.7. The van der Waals surface area contributed by atoms with E-state index in [0.29, 0.717) is 6.54 Å². The Bertz CT molecular complexity index is 349. The quantitative estimate of drug-likeness (QED) is 0.760. The highest BCUT2D eigenvalue weighted by atomic mass is 32.1. The molecule has 0 saturated heterocycles. The molecule has 17 heavy (non-hydrogen) atoms. The predicted octanol–water partition coefficient (Wildman–Crippen LogP) is 1.67. The lowest BCUT2D eigenvalue weighted by atomic mass is 10.3. The van der Waals surface area contributed by atoms with E-state index in [0.717, 1.165) is 19.5 Å². The zero-order valence-corrected chi connectivity index (χ0v) is 11.6. The standard InChI is InChI=1S/C12H21N3OS/c1-4-10-5-6-11(17-10)9-13-7-8-14-12(16)15(2)3/h5-6,13H,4,7-9H2,1-3H3,(H,14,16). The van der Waals surface area contributed by atoms with Crippen LogP contribution in [0.5, 0.6) is 0 Å². The summed E-state index contributed by atoms with van der Waals surface area (Å²) in [4.78, 5) is 15.5. The lowest BCUT2D eigenvalue weighted by Crippen LogP contribution is -2.38. The Morgan fingerprint density at radius 3 is 2.59 bits per heavy atom. The molecule has 0 aliphatic heterocycles. The van der Waals surface area contributed by atoms with Crippen LogP contribution in [0.15, 0.2) is 12.1 Å². The van der Waals surface area contributed by atoms with Gasteiger partial charge in [-0.05, 0) is 18.6 Å². The zero-order valence-electron chi connectivity index (χ0n) is 10.7. The van der Waals surface area contributed by atoms with Gasteiger partial charge in [0.1, 0.15) is 0 Å². The number of nitrogens with one attached hydrogen (secondary N) is 2. The van der Waals surface area contributed by atoms with Crippen molar-refractivity contribution in [3.8, 4) is 0 Å². The molecule has 1 aromatic heterocycles. The maximum atomic E-state index is 11.2. The summed E-state index contributed by atoms with van der Waals surface area (Å²) >= 11 is 1.84. The van der Waals surface area contributed by atoms with Crippen molar-refractivity contribution in [3.63, 3.8) is 0 Å². The van der Waals surface area contributed by atoms with Crippen LogP contribution in [-0.2, 0) is 13.0 Å². The van der Waals surface area contributed by atoms with Crippen LogP contribution in [0.1, 0.15) is 16.7 Å². The number of carbonyl (C=O) groups excluding carboxylic acids is 1. The first-order chi connectivity index (χ1) is 8.13. The summed E-state index contributed by atoms with van der Waals surface area (Å²) in [5.41, 5.74) is 0. The number of carbonyl (C=O) groups is 1. The first-order valence-corrected chi connectivity index (χ1v) is 6.68. The molecule has 0 fully saturated rings. The molecule has 0 unspecified atom stereocenters. The molecular formula is C12H21N3OS. The van der Waals surface area contributed by atoms with Crippen LogP contribution >= 0.6 is 11.3 Å². The number of hydrogen-bond acceptors (Lipinski definition) is 3. The van der Waals surface area contributed by atoms with E-state index >= 15 is 0 Å². The highest BCUT2D eigenvalue weighted by Crippen LogP contribution is 2.16. The topological polar surface area (TPSA) is 44.4 Å². The minimum Gasteiger partial charge on any atom is -0.337 e. The Balaban J connectivity index is 2.10. The van der Waals surface area contributed by atoms with Gasteiger partial charge < -0.3 is 15.5 Å². The van der Waals surface area contributed by atoms with E-state index in [1.807, 2.05) is 11.3 Å². The molecule has 5 heteroatoms. The van der Waals surface area contributed by atoms with Crippen molar-refractivity contribution in [3.05, 3.63) is 21.9 Å². The average Bonchev–Trinajstić information content (AvgIpc) is 2.76. The molecule has 4 nitrogen and oxygen atoms in total. The van der Waals surface area contributed by atoms with E-state index in [1.54, 1.807) is 14.1 Å². The molecule has 0 bridgehead atoms. The van der Waals surface area contributed by atoms with Crippen LogP contribution < -0.4 is 10.6 Å². The third-order valence-corrected chi connectivity index (χ3v) is 3.58. The number of amides is 2. The maximum absolute atomic E-state index is 11.2. The summed E-state index contributed by atoms with van der Waals surface area (Å²) in [6, 6.07) is 4.29. The van der Waals surface area contributed by atoms with Crippen LogP contribution in [0, 0.1) is 0 Å². The van der Waals surface area contributed by atoms with E-state index in [-0.39, 0.29) is 6.03 Å². The fourth-order valence-electron chi connectivity index (χ4n) is 1.33. The van der Waals surface area contributed by atoms with E-state index in [2.05, 4.69) is 29.7 Å². The largest absolute Gasteiger partial charge is 0.337 e. The molecule has 0 aliphatic rings. The fourth-order valence-corrected chi connectivity index (χ4v) is 2.26. The number of aryl methyl sites for hydroxylation is 1. The molecule has 0 aromatic carbocycles. The van der Waals surface area contributed by atoms with Crippen LogP contribution in [-0.4, -0.2) is 38.1 Å². The van der Waals surface area contributed by atoms with Gasteiger partial charge in [0.15, 0.2) is 0 Å². The second kappa shape index (κ2) is 7.29. The van der Waals surface area contributed by atoms with Gasteiger partial charge >= 0.3 is 6.03 Å². The molecular weight excluding hydrogens is 234 g/mol. The summed E-state index contributed by atoms with van der Waals surface area (Å²) in [5.74, 6) is 0. The van der Waals surface area contributed by atoms with Crippen LogP contribution in [0.4, 0.5) is 4.79 Å². The maximum Gasteiger partial charge on any atom is 0.316 e. The number of urea groups is 1. The lowest BCUT2D eigenvalue weighted by molar-refractivity contribution is 0.217. The summed E-state index contributed by atoms with van der Waals surface area (Å²) < 4.78 is 0. The minimum atomic E-state index is -0.0452. The molecule has 1 aromatic rings. The van der Waals surface area contributed by atoms with Crippen molar-refractivity contribution in [2.75, 3.05) is 27.2 Å². The Labute approximate surface area is 107 Å². The third-order valence-electron chi connectivity index (χ3n) is 2.35. The van der Waals surface area contributed by atoms with Gasteiger partial charge in [-0.1, -0.05) is 6.92 Å². The number of nitrogens with zero attached hydrogens (tertiary/aromatic N) is 1. The number of rotatable bonds is 6. The van der Waals surface area contributed by atoms with Gasteiger partial charge in [0.2, 0.25) is 0 Å². The highest BCUT2D eigenvalue weighted by Gasteiger charge is 2.01. The van der Waals surface area contributed by atoms with Gasteiger partial charge in [0, 0.05) is 43.5 Å². The normalized spacial score (nSPS) is 10.3. The molecule has 1 heterocycles. The molecule has 0 saturated carbocycles. The van der Waals surface area contributed by atoms with Gasteiger partial charge in [-0.3, -0.25) is 0 Å². The Morgan fingerprint density at radius 2 is 2.00 bits per heavy atom.